The molecule has 2 aliphatic heterocycles. The number of rotatable bonds is 4. The van der Waals surface area contributed by atoms with Gasteiger partial charge in [-0.2, -0.15) is 4.73 Å². The lowest BCUT2D eigenvalue weighted by atomic mass is 9.70. The van der Waals surface area contributed by atoms with E-state index in [0.29, 0.717) is 10.3 Å². The van der Waals surface area contributed by atoms with E-state index in [1.807, 2.05) is 0 Å². The maximum Gasteiger partial charge on any atom is 0.430 e. The van der Waals surface area contributed by atoms with Crippen molar-refractivity contribution in [2.45, 2.75) is 18.8 Å². The van der Waals surface area contributed by atoms with E-state index in [-0.39, 0.29) is 48.6 Å². The van der Waals surface area contributed by atoms with Gasteiger partial charge in [0.1, 0.15) is 17.4 Å². The Morgan fingerprint density at radius 3 is 2.69 bits per heavy atom. The van der Waals surface area contributed by atoms with E-state index in [1.165, 1.54) is 29.3 Å². The summed E-state index contributed by atoms with van der Waals surface area (Å²) in [5.74, 6) is -1.87. The highest BCUT2D eigenvalue weighted by Crippen LogP contribution is 2.39. The fourth-order valence-corrected chi connectivity index (χ4v) is 3.45. The topological polar surface area (TPSA) is 143 Å². The number of likely N-dealkylation sites (tertiary alicyclic amines) is 1. The van der Waals surface area contributed by atoms with Gasteiger partial charge < -0.3 is 34.7 Å². The quantitative estimate of drug-likeness (QED) is 0.363. The van der Waals surface area contributed by atoms with E-state index in [0.717, 1.165) is 0 Å². The maximum absolute atomic E-state index is 12.4. The van der Waals surface area contributed by atoms with Crippen molar-refractivity contribution in [1.29, 1.82) is 0 Å². The van der Waals surface area contributed by atoms with Gasteiger partial charge in [-0.05, 0) is 24.1 Å². The molecule has 2 aliphatic rings. The number of fused-ring (bicyclic) bond motifs is 1. The predicted octanol–water partition coefficient (Wildman–Crippen LogP) is -0.220. The molecule has 0 bridgehead atoms. The number of amides is 1. The first-order chi connectivity index (χ1) is 13.7. The third-order valence-corrected chi connectivity index (χ3v) is 4.98. The Bertz CT molecular complexity index is 990. The first kappa shape index (κ1) is 19.0. The number of pyridine rings is 1. The first-order valence-electron chi connectivity index (χ1n) is 9.08. The fourth-order valence-electron chi connectivity index (χ4n) is 3.45. The number of hydrogen-bond acceptors (Lipinski definition) is 7. The van der Waals surface area contributed by atoms with E-state index in [1.54, 1.807) is 12.1 Å². The summed E-state index contributed by atoms with van der Waals surface area (Å²) in [5, 5.41) is 40.9. The number of carbonyl (C=O) groups is 2. The second-order valence-electron chi connectivity index (χ2n) is 7.11. The van der Waals surface area contributed by atoms with Crippen molar-refractivity contribution in [3.8, 4) is 11.5 Å². The minimum absolute atomic E-state index is 0.0104. The highest BCUT2D eigenvalue weighted by atomic mass is 16.6. The molecule has 1 aromatic heterocycles. The third-order valence-electron chi connectivity index (χ3n) is 4.98. The molecule has 1 amide bonds. The van der Waals surface area contributed by atoms with Crippen LogP contribution in [0.3, 0.4) is 0 Å². The van der Waals surface area contributed by atoms with Crippen molar-refractivity contribution in [3.63, 3.8) is 0 Å². The monoisotopic (exact) mass is 401 g/mol. The SMILES string of the molecule is O=C(O)c1c(OC2CN(C(=O)c3cccc[n+]3[O-])C2)ccc2c1O[B-](O)(O)CC2. The van der Waals surface area contributed by atoms with Crippen LogP contribution in [-0.2, 0) is 6.42 Å². The average Bonchev–Trinajstić information content (AvgIpc) is 2.62. The Balaban J connectivity index is 1.49. The maximum atomic E-state index is 12.4. The van der Waals surface area contributed by atoms with Gasteiger partial charge >= 0.3 is 18.6 Å². The number of carbonyl (C=O) groups excluding carboxylic acids is 1. The molecule has 0 atom stereocenters. The van der Waals surface area contributed by atoms with Crippen LogP contribution in [0.25, 0.3) is 0 Å². The van der Waals surface area contributed by atoms with Gasteiger partial charge in [-0.15, -0.1) is 0 Å². The zero-order valence-electron chi connectivity index (χ0n) is 15.2. The zero-order valence-corrected chi connectivity index (χ0v) is 15.2. The molecule has 4 rings (SSSR count). The van der Waals surface area contributed by atoms with Crippen molar-refractivity contribution in [3.05, 3.63) is 58.6 Å². The molecule has 11 heteroatoms. The fraction of sp³-hybridized carbons (Fsp3) is 0.278. The molecule has 29 heavy (non-hydrogen) atoms. The molecule has 0 unspecified atom stereocenters. The van der Waals surface area contributed by atoms with E-state index in [2.05, 4.69) is 0 Å². The molecular formula is C18H18BN2O8-. The van der Waals surface area contributed by atoms with Gasteiger partial charge in [-0.1, -0.05) is 12.4 Å². The number of aryl methyl sites for hydroxylation is 1. The smallest absolute Gasteiger partial charge is 0.430 e. The van der Waals surface area contributed by atoms with Crippen LogP contribution in [0, 0.1) is 5.21 Å². The van der Waals surface area contributed by atoms with Crippen LogP contribution < -0.4 is 14.1 Å². The number of carboxylic acids is 1. The zero-order chi connectivity index (χ0) is 20.8. The molecule has 0 aliphatic carbocycles. The Morgan fingerprint density at radius 2 is 2.00 bits per heavy atom. The van der Waals surface area contributed by atoms with Crippen LogP contribution in [0.2, 0.25) is 6.32 Å². The van der Waals surface area contributed by atoms with Gasteiger partial charge in [0.15, 0.2) is 6.20 Å². The van der Waals surface area contributed by atoms with Gasteiger partial charge in [-0.3, -0.25) is 4.79 Å². The molecule has 2 aromatic rings. The van der Waals surface area contributed by atoms with Crippen molar-refractivity contribution in [1.82, 2.24) is 4.90 Å². The Morgan fingerprint density at radius 1 is 1.24 bits per heavy atom. The van der Waals surface area contributed by atoms with Gasteiger partial charge in [0.2, 0.25) is 0 Å². The summed E-state index contributed by atoms with van der Waals surface area (Å²) in [6.07, 6.45) is 1.00. The van der Waals surface area contributed by atoms with Gasteiger partial charge in [0, 0.05) is 12.1 Å². The molecule has 1 saturated heterocycles. The summed E-state index contributed by atoms with van der Waals surface area (Å²) in [6, 6.07) is 7.64. The lowest BCUT2D eigenvalue weighted by Gasteiger charge is -2.40. The molecular weight excluding hydrogens is 383 g/mol. The molecule has 1 aromatic carbocycles. The van der Waals surface area contributed by atoms with Crippen molar-refractivity contribution in [2.24, 2.45) is 0 Å². The van der Waals surface area contributed by atoms with Crippen LogP contribution in [0.1, 0.15) is 26.4 Å². The van der Waals surface area contributed by atoms with Gasteiger partial charge in [0.25, 0.3) is 5.69 Å². The summed E-state index contributed by atoms with van der Waals surface area (Å²) in [7, 11) is 0. The largest absolute Gasteiger partial charge is 0.669 e. The number of hydrogen-bond donors (Lipinski definition) is 3. The van der Waals surface area contributed by atoms with E-state index >= 15 is 0 Å². The number of aromatic nitrogens is 1. The second kappa shape index (κ2) is 6.94. The van der Waals surface area contributed by atoms with Crippen LogP contribution in [0.5, 0.6) is 11.5 Å². The molecule has 0 saturated carbocycles. The Labute approximate surface area is 165 Å². The van der Waals surface area contributed by atoms with Crippen molar-refractivity contribution >= 4 is 18.6 Å². The number of ether oxygens (including phenoxy) is 1. The summed E-state index contributed by atoms with van der Waals surface area (Å²) in [6.45, 7) is -2.76. The van der Waals surface area contributed by atoms with E-state index in [4.69, 9.17) is 9.39 Å². The number of nitrogens with zero attached hydrogens (tertiary/aromatic N) is 2. The Kier molecular flexibility index (Phi) is 4.55. The van der Waals surface area contributed by atoms with Crippen LogP contribution in [-0.4, -0.2) is 57.9 Å². The van der Waals surface area contributed by atoms with Crippen molar-refractivity contribution < 1.29 is 38.9 Å². The number of benzene rings is 1. The summed E-state index contributed by atoms with van der Waals surface area (Å²) >= 11 is 0. The minimum Gasteiger partial charge on any atom is -0.669 e. The lowest BCUT2D eigenvalue weighted by Crippen LogP contribution is -2.58. The molecule has 152 valence electrons. The number of carboxylic acid groups (broad SMARTS) is 1. The second-order valence-corrected chi connectivity index (χ2v) is 7.11. The Hall–Kier alpha value is -3.31. The molecule has 3 heterocycles. The van der Waals surface area contributed by atoms with Crippen LogP contribution in [0.15, 0.2) is 36.5 Å². The molecule has 0 spiro atoms. The summed E-state index contributed by atoms with van der Waals surface area (Å²) in [4.78, 5) is 25.6. The molecule has 0 radical (unpaired) electrons. The van der Waals surface area contributed by atoms with Gasteiger partial charge in [0.05, 0.1) is 18.8 Å². The van der Waals surface area contributed by atoms with Gasteiger partial charge in [-0.25, -0.2) is 4.79 Å². The van der Waals surface area contributed by atoms with E-state index < -0.39 is 24.7 Å². The molecule has 10 nitrogen and oxygen atoms in total. The van der Waals surface area contributed by atoms with Crippen LogP contribution in [0.4, 0.5) is 0 Å². The molecule has 3 N–H and O–H groups in total. The average molecular weight is 401 g/mol. The number of aromatic carboxylic acids is 1. The highest BCUT2D eigenvalue weighted by Gasteiger charge is 2.38. The third kappa shape index (κ3) is 3.57. The summed E-state index contributed by atoms with van der Waals surface area (Å²) < 4.78 is 11.3. The lowest BCUT2D eigenvalue weighted by molar-refractivity contribution is -0.608. The molecule has 1 fully saturated rings. The predicted molar refractivity (Wildman–Crippen MR) is 98.5 cm³/mol. The van der Waals surface area contributed by atoms with Crippen LogP contribution >= 0.6 is 0 Å². The summed E-state index contributed by atoms with van der Waals surface area (Å²) in [5.41, 5.74) is 0.246. The van der Waals surface area contributed by atoms with E-state index in [9.17, 15) is 30.0 Å². The highest BCUT2D eigenvalue weighted by molar-refractivity contribution is 6.59. The minimum atomic E-state index is -3.12. The van der Waals surface area contributed by atoms with Crippen molar-refractivity contribution in [2.75, 3.05) is 13.1 Å². The standard InChI is InChI=1S/C18H18BN2O8/c22-17(13-3-1-2-8-21(13)27)20-9-12(10-20)28-14-5-4-11-6-7-19(25,26)29-16(11)15(14)18(23)24/h1-5,8,12,25-26H,6-7,9-10H2,(H,23,24)/q-1. The first-order valence-corrected chi connectivity index (χ1v) is 9.08. The normalized spacial score (nSPS) is 17.7.